The van der Waals surface area contributed by atoms with E-state index in [1.54, 1.807) is 6.20 Å². The molecule has 1 rings (SSSR count). The van der Waals surface area contributed by atoms with Gasteiger partial charge in [0, 0.05) is 19.8 Å². The van der Waals surface area contributed by atoms with Crippen LogP contribution in [0.25, 0.3) is 0 Å². The summed E-state index contributed by atoms with van der Waals surface area (Å²) in [7, 11) is 1.99. The monoisotopic (exact) mass is 236 g/mol. The summed E-state index contributed by atoms with van der Waals surface area (Å²) < 4.78 is 0. The third-order valence-corrected chi connectivity index (χ3v) is 2.65. The Morgan fingerprint density at radius 1 is 1.53 bits per heavy atom. The first-order valence-electron chi connectivity index (χ1n) is 5.84. The summed E-state index contributed by atoms with van der Waals surface area (Å²) in [6.45, 7) is 3.11. The highest BCUT2D eigenvalue weighted by Gasteiger charge is 2.11. The zero-order valence-electron chi connectivity index (χ0n) is 10.4. The number of hydrogen-bond acceptors (Lipinski definition) is 4. The van der Waals surface area contributed by atoms with Crippen LogP contribution in [-0.2, 0) is 0 Å². The smallest absolute Gasteiger partial charge is 0.190 e. The van der Waals surface area contributed by atoms with Gasteiger partial charge in [0.1, 0.15) is 5.69 Å². The lowest BCUT2D eigenvalue weighted by atomic mass is 10.2. The van der Waals surface area contributed by atoms with Crippen molar-refractivity contribution in [3.63, 3.8) is 0 Å². The Morgan fingerprint density at radius 3 is 2.94 bits per heavy atom. The largest absolute Gasteiger partial charge is 0.409 e. The van der Waals surface area contributed by atoms with Crippen LogP contribution in [0.2, 0.25) is 0 Å². The quantitative estimate of drug-likeness (QED) is 0.260. The van der Waals surface area contributed by atoms with Crippen molar-refractivity contribution in [2.75, 3.05) is 18.5 Å². The summed E-state index contributed by atoms with van der Waals surface area (Å²) in [4.78, 5) is 6.22. The molecule has 0 aliphatic carbocycles. The van der Waals surface area contributed by atoms with E-state index >= 15 is 0 Å². The van der Waals surface area contributed by atoms with Gasteiger partial charge in [0.2, 0.25) is 0 Å². The number of aromatic nitrogens is 1. The van der Waals surface area contributed by atoms with Crippen molar-refractivity contribution in [3.8, 4) is 0 Å². The number of unbranched alkanes of at least 4 members (excludes halogenated alkanes) is 2. The molecule has 0 aromatic carbocycles. The first kappa shape index (κ1) is 13.3. The Labute approximate surface area is 102 Å². The number of amidine groups is 1. The number of nitrogens with zero attached hydrogens (tertiary/aromatic N) is 3. The second kappa shape index (κ2) is 6.73. The summed E-state index contributed by atoms with van der Waals surface area (Å²) in [6.07, 6.45) is 5.14. The molecular weight excluding hydrogens is 216 g/mol. The van der Waals surface area contributed by atoms with Crippen molar-refractivity contribution < 1.29 is 5.21 Å². The van der Waals surface area contributed by atoms with Gasteiger partial charge in [0.05, 0.1) is 5.69 Å². The molecule has 0 saturated heterocycles. The first-order chi connectivity index (χ1) is 8.20. The zero-order chi connectivity index (χ0) is 12.7. The Kier molecular flexibility index (Phi) is 5.26. The van der Waals surface area contributed by atoms with Crippen LogP contribution in [0.5, 0.6) is 0 Å². The summed E-state index contributed by atoms with van der Waals surface area (Å²) in [5.74, 6) is 0.0444. The van der Waals surface area contributed by atoms with Crippen LogP contribution < -0.4 is 10.6 Å². The van der Waals surface area contributed by atoms with Crippen molar-refractivity contribution in [1.82, 2.24) is 4.98 Å². The van der Waals surface area contributed by atoms with Gasteiger partial charge in [-0.15, -0.1) is 0 Å². The van der Waals surface area contributed by atoms with Crippen LogP contribution in [0.15, 0.2) is 23.5 Å². The van der Waals surface area contributed by atoms with Crippen molar-refractivity contribution in [2.24, 2.45) is 10.9 Å². The highest BCUT2D eigenvalue weighted by atomic mass is 16.4. The molecule has 3 N–H and O–H groups in total. The van der Waals surface area contributed by atoms with Crippen LogP contribution >= 0.6 is 0 Å². The van der Waals surface area contributed by atoms with Gasteiger partial charge in [-0.25, -0.2) is 0 Å². The maximum atomic E-state index is 8.71. The molecule has 17 heavy (non-hydrogen) atoms. The fourth-order valence-electron chi connectivity index (χ4n) is 1.67. The molecule has 94 valence electrons. The predicted molar refractivity (Wildman–Crippen MR) is 69.5 cm³/mol. The van der Waals surface area contributed by atoms with Gasteiger partial charge in [0.15, 0.2) is 5.84 Å². The third-order valence-electron chi connectivity index (χ3n) is 2.65. The first-order valence-corrected chi connectivity index (χ1v) is 5.84. The maximum Gasteiger partial charge on any atom is 0.190 e. The van der Waals surface area contributed by atoms with E-state index in [0.717, 1.165) is 18.7 Å². The Balaban J connectivity index is 2.82. The Bertz CT molecular complexity index is 379. The Morgan fingerprint density at radius 2 is 2.29 bits per heavy atom. The van der Waals surface area contributed by atoms with Gasteiger partial charge in [-0.3, -0.25) is 4.98 Å². The summed E-state index contributed by atoms with van der Waals surface area (Å²) in [5.41, 5.74) is 7.01. The van der Waals surface area contributed by atoms with E-state index in [-0.39, 0.29) is 5.84 Å². The van der Waals surface area contributed by atoms with Crippen LogP contribution in [0.4, 0.5) is 5.69 Å². The van der Waals surface area contributed by atoms with Crippen molar-refractivity contribution in [3.05, 3.63) is 24.0 Å². The highest BCUT2D eigenvalue weighted by molar-refractivity contribution is 6.00. The van der Waals surface area contributed by atoms with Gasteiger partial charge in [-0.05, 0) is 18.6 Å². The SMILES string of the molecule is CCCCCN(C)c1cccnc1/C(N)=N/O. The number of nitrogens with two attached hydrogens (primary N) is 1. The van der Waals surface area contributed by atoms with E-state index in [1.807, 2.05) is 19.2 Å². The van der Waals surface area contributed by atoms with Gasteiger partial charge < -0.3 is 15.8 Å². The second-order valence-corrected chi connectivity index (χ2v) is 3.99. The van der Waals surface area contributed by atoms with Crippen LogP contribution in [0, 0.1) is 0 Å². The number of hydrogen-bond donors (Lipinski definition) is 2. The lowest BCUT2D eigenvalue weighted by molar-refractivity contribution is 0.318. The molecule has 1 heterocycles. The molecule has 5 heteroatoms. The predicted octanol–water partition coefficient (Wildman–Crippen LogP) is 1.80. The summed E-state index contributed by atoms with van der Waals surface area (Å²) in [6, 6.07) is 3.77. The molecule has 0 aliphatic heterocycles. The van der Waals surface area contributed by atoms with E-state index in [2.05, 4.69) is 22.0 Å². The summed E-state index contributed by atoms with van der Waals surface area (Å²) >= 11 is 0. The number of rotatable bonds is 6. The molecule has 1 aromatic heterocycles. The molecule has 0 atom stereocenters. The molecule has 0 spiro atoms. The van der Waals surface area contributed by atoms with Crippen LogP contribution in [0.3, 0.4) is 0 Å². The number of anilines is 1. The van der Waals surface area contributed by atoms with Crippen molar-refractivity contribution in [2.45, 2.75) is 26.2 Å². The topological polar surface area (TPSA) is 74.7 Å². The summed E-state index contributed by atoms with van der Waals surface area (Å²) in [5, 5.41) is 11.7. The minimum absolute atomic E-state index is 0.0444. The molecule has 0 bridgehead atoms. The van der Waals surface area contributed by atoms with Crippen molar-refractivity contribution in [1.29, 1.82) is 0 Å². The van der Waals surface area contributed by atoms with Gasteiger partial charge in [-0.2, -0.15) is 0 Å². The van der Waals surface area contributed by atoms with E-state index in [4.69, 9.17) is 10.9 Å². The van der Waals surface area contributed by atoms with Gasteiger partial charge >= 0.3 is 0 Å². The van der Waals surface area contributed by atoms with E-state index in [0.29, 0.717) is 5.69 Å². The number of oxime groups is 1. The number of pyridine rings is 1. The molecule has 5 nitrogen and oxygen atoms in total. The molecule has 0 fully saturated rings. The minimum atomic E-state index is 0.0444. The molecule has 0 saturated carbocycles. The minimum Gasteiger partial charge on any atom is -0.409 e. The van der Waals surface area contributed by atoms with Crippen LogP contribution in [0.1, 0.15) is 31.9 Å². The lowest BCUT2D eigenvalue weighted by Gasteiger charge is -2.21. The van der Waals surface area contributed by atoms with Gasteiger partial charge in [-0.1, -0.05) is 24.9 Å². The van der Waals surface area contributed by atoms with E-state index < -0.39 is 0 Å². The van der Waals surface area contributed by atoms with E-state index in [1.165, 1.54) is 12.8 Å². The molecule has 0 unspecified atom stereocenters. The average Bonchev–Trinajstić information content (AvgIpc) is 2.38. The molecular formula is C12H20N4O. The van der Waals surface area contributed by atoms with Crippen molar-refractivity contribution >= 4 is 11.5 Å². The zero-order valence-corrected chi connectivity index (χ0v) is 10.4. The molecule has 0 aliphatic rings. The molecule has 0 amide bonds. The average molecular weight is 236 g/mol. The molecule has 0 radical (unpaired) electrons. The van der Waals surface area contributed by atoms with E-state index in [9.17, 15) is 0 Å². The third kappa shape index (κ3) is 3.62. The van der Waals surface area contributed by atoms with Gasteiger partial charge in [0.25, 0.3) is 0 Å². The highest BCUT2D eigenvalue weighted by Crippen LogP contribution is 2.17. The fourth-order valence-corrected chi connectivity index (χ4v) is 1.67. The normalized spacial score (nSPS) is 11.5. The standard InChI is InChI=1S/C12H20N4O/c1-3-4-5-9-16(2)10-7-6-8-14-11(10)12(13)15-17/h6-8,17H,3-5,9H2,1-2H3,(H2,13,15). The Hall–Kier alpha value is -1.78. The van der Waals surface area contributed by atoms with Crippen LogP contribution in [-0.4, -0.2) is 29.6 Å². The fraction of sp³-hybridized carbons (Fsp3) is 0.500. The lowest BCUT2D eigenvalue weighted by Crippen LogP contribution is -2.24. The maximum absolute atomic E-state index is 8.71. The molecule has 1 aromatic rings. The second-order valence-electron chi connectivity index (χ2n) is 3.99.